The quantitative estimate of drug-likeness (QED) is 0.755. The Morgan fingerprint density at radius 3 is 2.46 bits per heavy atom. The molecule has 1 heterocycles. The molecule has 4 aliphatic carbocycles. The molecule has 0 bridgehead atoms. The highest BCUT2D eigenvalue weighted by atomic mass is 16.3. The summed E-state index contributed by atoms with van der Waals surface area (Å²) in [5.74, 6) is 3.67. The highest BCUT2D eigenvalue weighted by molar-refractivity contribution is 5.15. The van der Waals surface area contributed by atoms with E-state index < -0.39 is 5.60 Å². The first-order valence-corrected chi connectivity index (χ1v) is 10.9. The topological polar surface area (TPSA) is 23.2 Å². The van der Waals surface area contributed by atoms with Crippen molar-refractivity contribution in [1.29, 1.82) is 0 Å². The van der Waals surface area contributed by atoms with Gasteiger partial charge in [-0.25, -0.2) is 0 Å². The Hall–Kier alpha value is -0.0800. The summed E-state index contributed by atoms with van der Waals surface area (Å²) in [5.41, 5.74) is 0.418. The Bertz CT molecular complexity index is 516. The molecule has 7 atom stereocenters. The molecule has 0 aromatic carbocycles. The standard InChI is InChI=1S/C22H37NO/c1-20-10-4-3-5-16(20)6-7-17-18(20)8-11-21(2)19(17)9-12-22(21,24)15-23-13-14-23/h16-19,24H,3-15H2,1-2H3/t16-,17-,18-,19+,20+,21-,22-/m0/s1. The summed E-state index contributed by atoms with van der Waals surface area (Å²) < 4.78 is 0. The van der Waals surface area contributed by atoms with Crippen molar-refractivity contribution in [3.63, 3.8) is 0 Å². The number of hydrogen-bond acceptors (Lipinski definition) is 2. The van der Waals surface area contributed by atoms with Gasteiger partial charge in [-0.05, 0) is 80.5 Å². The molecule has 1 aliphatic heterocycles. The minimum Gasteiger partial charge on any atom is -0.388 e. The molecule has 0 aromatic rings. The molecule has 4 saturated carbocycles. The lowest BCUT2D eigenvalue weighted by Crippen LogP contribution is -2.57. The molecule has 0 unspecified atom stereocenters. The zero-order valence-electron chi connectivity index (χ0n) is 15.9. The monoisotopic (exact) mass is 331 g/mol. The average Bonchev–Trinajstić information content (AvgIpc) is 3.32. The van der Waals surface area contributed by atoms with Gasteiger partial charge in [-0.3, -0.25) is 4.90 Å². The highest BCUT2D eigenvalue weighted by Crippen LogP contribution is 2.68. The van der Waals surface area contributed by atoms with Crippen LogP contribution in [0.2, 0.25) is 0 Å². The fourth-order valence-electron chi connectivity index (χ4n) is 8.26. The minimum atomic E-state index is -0.399. The van der Waals surface area contributed by atoms with Crippen molar-refractivity contribution in [2.45, 2.75) is 83.7 Å². The van der Waals surface area contributed by atoms with Gasteiger partial charge < -0.3 is 5.11 Å². The van der Waals surface area contributed by atoms with Crippen LogP contribution < -0.4 is 0 Å². The number of aliphatic hydroxyl groups is 1. The lowest BCUT2D eigenvalue weighted by Gasteiger charge is -2.61. The van der Waals surface area contributed by atoms with Gasteiger partial charge in [0.1, 0.15) is 0 Å². The van der Waals surface area contributed by atoms with Gasteiger partial charge in [-0.1, -0.05) is 26.7 Å². The molecule has 1 N–H and O–H groups in total. The predicted octanol–water partition coefficient (Wildman–Crippen LogP) is 4.47. The molecule has 0 amide bonds. The van der Waals surface area contributed by atoms with E-state index in [-0.39, 0.29) is 5.41 Å². The maximum absolute atomic E-state index is 11.6. The summed E-state index contributed by atoms with van der Waals surface area (Å²) in [4.78, 5) is 2.46. The number of fused-ring (bicyclic) bond motifs is 5. The van der Waals surface area contributed by atoms with Crippen LogP contribution in [-0.2, 0) is 0 Å². The first kappa shape index (κ1) is 16.1. The normalized spacial score (nSPS) is 57.1. The number of hydrogen-bond donors (Lipinski definition) is 1. The molecule has 5 fully saturated rings. The lowest BCUT2D eigenvalue weighted by atomic mass is 9.44. The van der Waals surface area contributed by atoms with Gasteiger partial charge >= 0.3 is 0 Å². The molecule has 5 rings (SSSR count). The maximum Gasteiger partial charge on any atom is 0.0830 e. The summed E-state index contributed by atoms with van der Waals surface area (Å²) in [5, 5.41) is 11.6. The van der Waals surface area contributed by atoms with Crippen molar-refractivity contribution in [1.82, 2.24) is 4.90 Å². The Labute approximate surface area is 148 Å². The smallest absolute Gasteiger partial charge is 0.0830 e. The van der Waals surface area contributed by atoms with E-state index in [4.69, 9.17) is 0 Å². The van der Waals surface area contributed by atoms with Crippen LogP contribution in [0.15, 0.2) is 0 Å². The number of nitrogens with zero attached hydrogens (tertiary/aromatic N) is 1. The highest BCUT2D eigenvalue weighted by Gasteiger charge is 2.64. The van der Waals surface area contributed by atoms with Crippen molar-refractivity contribution in [2.75, 3.05) is 19.6 Å². The minimum absolute atomic E-state index is 0.189. The van der Waals surface area contributed by atoms with Crippen molar-refractivity contribution in [3.8, 4) is 0 Å². The molecular weight excluding hydrogens is 294 g/mol. The van der Waals surface area contributed by atoms with Crippen LogP contribution in [0.3, 0.4) is 0 Å². The summed E-state index contributed by atoms with van der Waals surface area (Å²) >= 11 is 0. The van der Waals surface area contributed by atoms with Gasteiger partial charge in [-0.2, -0.15) is 0 Å². The molecule has 0 radical (unpaired) electrons. The fourth-order valence-corrected chi connectivity index (χ4v) is 8.26. The maximum atomic E-state index is 11.6. The van der Waals surface area contributed by atoms with E-state index in [0.717, 1.165) is 36.6 Å². The average molecular weight is 332 g/mol. The van der Waals surface area contributed by atoms with Gasteiger partial charge in [-0.15, -0.1) is 0 Å². The molecule has 0 spiro atoms. The SMILES string of the molecule is C[C@@]12CCCC[C@H]1CC[C@@H]1[C@H]3CC[C@](O)(CN4CC4)[C@@]3(C)CC[C@@H]12. The molecule has 0 aromatic heterocycles. The van der Waals surface area contributed by atoms with E-state index in [1.54, 1.807) is 0 Å². The Kier molecular flexibility index (Phi) is 3.51. The van der Waals surface area contributed by atoms with Gasteiger partial charge in [0.2, 0.25) is 0 Å². The second-order valence-corrected chi connectivity index (χ2v) is 10.7. The van der Waals surface area contributed by atoms with Gasteiger partial charge in [0.05, 0.1) is 5.60 Å². The van der Waals surface area contributed by atoms with Gasteiger partial charge in [0, 0.05) is 25.0 Å². The van der Waals surface area contributed by atoms with E-state index >= 15 is 0 Å². The number of β-amino-alcohol motifs (C(OH)–C–C–N with tert-alkyl or cyclic N) is 1. The molecule has 1 saturated heterocycles. The largest absolute Gasteiger partial charge is 0.388 e. The molecule has 2 nitrogen and oxygen atoms in total. The van der Waals surface area contributed by atoms with Crippen LogP contribution in [0.25, 0.3) is 0 Å². The fraction of sp³-hybridized carbons (Fsp3) is 1.00. The third-order valence-electron chi connectivity index (χ3n) is 9.93. The van der Waals surface area contributed by atoms with E-state index in [0.29, 0.717) is 5.41 Å². The summed E-state index contributed by atoms with van der Waals surface area (Å²) in [6.45, 7) is 8.52. The third-order valence-corrected chi connectivity index (χ3v) is 9.93. The van der Waals surface area contributed by atoms with Crippen molar-refractivity contribution in [2.24, 2.45) is 34.5 Å². The van der Waals surface area contributed by atoms with Crippen LogP contribution in [-0.4, -0.2) is 35.2 Å². The van der Waals surface area contributed by atoms with E-state index in [1.165, 1.54) is 70.9 Å². The van der Waals surface area contributed by atoms with Gasteiger partial charge in [0.15, 0.2) is 0 Å². The molecule has 24 heavy (non-hydrogen) atoms. The van der Waals surface area contributed by atoms with E-state index in [1.807, 2.05) is 0 Å². The summed E-state index contributed by atoms with van der Waals surface area (Å²) in [7, 11) is 0. The van der Waals surface area contributed by atoms with Crippen LogP contribution >= 0.6 is 0 Å². The second kappa shape index (κ2) is 5.22. The zero-order chi connectivity index (χ0) is 16.6. The second-order valence-electron chi connectivity index (χ2n) is 10.7. The molecular formula is C22H37NO. The first-order valence-electron chi connectivity index (χ1n) is 10.9. The third kappa shape index (κ3) is 2.08. The molecule has 5 aliphatic rings. The van der Waals surface area contributed by atoms with Crippen molar-refractivity contribution in [3.05, 3.63) is 0 Å². The summed E-state index contributed by atoms with van der Waals surface area (Å²) in [6.07, 6.45) is 13.9. The first-order chi connectivity index (χ1) is 11.5. The van der Waals surface area contributed by atoms with Crippen LogP contribution in [0.1, 0.15) is 78.1 Å². The van der Waals surface area contributed by atoms with Crippen LogP contribution in [0.5, 0.6) is 0 Å². The predicted molar refractivity (Wildman–Crippen MR) is 97.7 cm³/mol. The summed E-state index contributed by atoms with van der Waals surface area (Å²) in [6, 6.07) is 0. The van der Waals surface area contributed by atoms with Crippen molar-refractivity contribution < 1.29 is 5.11 Å². The Balaban J connectivity index is 1.43. The van der Waals surface area contributed by atoms with E-state index in [9.17, 15) is 5.11 Å². The van der Waals surface area contributed by atoms with Crippen LogP contribution in [0, 0.1) is 34.5 Å². The van der Waals surface area contributed by atoms with Crippen LogP contribution in [0.4, 0.5) is 0 Å². The Morgan fingerprint density at radius 1 is 0.875 bits per heavy atom. The zero-order valence-corrected chi connectivity index (χ0v) is 15.9. The van der Waals surface area contributed by atoms with Gasteiger partial charge in [0.25, 0.3) is 0 Å². The Morgan fingerprint density at radius 2 is 1.67 bits per heavy atom. The van der Waals surface area contributed by atoms with E-state index in [2.05, 4.69) is 18.7 Å². The molecule has 2 heteroatoms. The van der Waals surface area contributed by atoms with Crippen molar-refractivity contribution >= 4 is 0 Å². The number of rotatable bonds is 2. The molecule has 136 valence electrons. The lowest BCUT2D eigenvalue weighted by molar-refractivity contribution is -0.153.